The Morgan fingerprint density at radius 3 is 2.73 bits per heavy atom. The van der Waals surface area contributed by atoms with Gasteiger partial charge in [-0.05, 0) is 38.3 Å². The van der Waals surface area contributed by atoms with Crippen LogP contribution < -0.4 is 10.1 Å². The van der Waals surface area contributed by atoms with Crippen molar-refractivity contribution in [3.8, 4) is 5.75 Å². The molecule has 1 fully saturated rings. The van der Waals surface area contributed by atoms with E-state index in [1.807, 2.05) is 0 Å². The summed E-state index contributed by atoms with van der Waals surface area (Å²) in [6, 6.07) is 4.82. The largest absolute Gasteiger partial charge is 0.481 e. The van der Waals surface area contributed by atoms with Crippen molar-refractivity contribution in [3.05, 3.63) is 28.2 Å². The number of nitrogens with one attached hydrogen (secondary N) is 1. The third-order valence-electron chi connectivity index (χ3n) is 3.72. The van der Waals surface area contributed by atoms with Crippen molar-refractivity contribution < 1.29 is 19.4 Å². The number of amides is 1. The first-order valence-electron chi connectivity index (χ1n) is 7.02. The Kier molecular flexibility index (Phi) is 5.53. The van der Waals surface area contributed by atoms with Crippen molar-refractivity contribution >= 4 is 35.1 Å². The number of carbonyl (C=O) groups is 2. The van der Waals surface area contributed by atoms with E-state index in [2.05, 4.69) is 5.32 Å². The third kappa shape index (κ3) is 4.05. The SMILES string of the molecule is CC(Oc1cccc(Cl)c1Cl)C(=O)N[C@@H]1CC[C@H](C(=O)O)C1. The second-order valence-corrected chi connectivity index (χ2v) is 6.15. The van der Waals surface area contributed by atoms with E-state index in [1.165, 1.54) is 0 Å². The zero-order valence-electron chi connectivity index (χ0n) is 12.0. The summed E-state index contributed by atoms with van der Waals surface area (Å²) in [4.78, 5) is 23.0. The summed E-state index contributed by atoms with van der Waals surface area (Å²) in [5, 5.41) is 12.4. The van der Waals surface area contributed by atoms with Gasteiger partial charge >= 0.3 is 5.97 Å². The topological polar surface area (TPSA) is 75.6 Å². The van der Waals surface area contributed by atoms with Crippen LogP contribution in [0.2, 0.25) is 10.0 Å². The first-order chi connectivity index (χ1) is 10.4. The molecule has 22 heavy (non-hydrogen) atoms. The van der Waals surface area contributed by atoms with Gasteiger partial charge in [0, 0.05) is 6.04 Å². The summed E-state index contributed by atoms with van der Waals surface area (Å²) in [5.74, 6) is -1.16. The van der Waals surface area contributed by atoms with Crippen LogP contribution in [-0.4, -0.2) is 29.1 Å². The number of rotatable bonds is 5. The maximum atomic E-state index is 12.1. The van der Waals surface area contributed by atoms with Crippen LogP contribution in [0, 0.1) is 5.92 Å². The number of halogens is 2. The summed E-state index contributed by atoms with van der Waals surface area (Å²) in [6.07, 6.45) is 0.939. The van der Waals surface area contributed by atoms with Gasteiger partial charge < -0.3 is 15.2 Å². The summed E-state index contributed by atoms with van der Waals surface area (Å²) in [6.45, 7) is 1.61. The number of benzene rings is 1. The summed E-state index contributed by atoms with van der Waals surface area (Å²) < 4.78 is 5.53. The normalized spacial score (nSPS) is 22.1. The van der Waals surface area contributed by atoms with Crippen molar-refractivity contribution in [3.63, 3.8) is 0 Å². The zero-order valence-corrected chi connectivity index (χ0v) is 13.5. The minimum absolute atomic E-state index is 0.130. The molecule has 1 aliphatic rings. The lowest BCUT2D eigenvalue weighted by atomic mass is 10.1. The average Bonchev–Trinajstić information content (AvgIpc) is 2.92. The Labute approximate surface area is 138 Å². The van der Waals surface area contributed by atoms with Gasteiger partial charge in [-0.2, -0.15) is 0 Å². The second-order valence-electron chi connectivity index (χ2n) is 5.37. The van der Waals surface area contributed by atoms with Gasteiger partial charge in [-0.25, -0.2) is 0 Å². The molecule has 0 spiro atoms. The molecule has 1 amide bonds. The highest BCUT2D eigenvalue weighted by Crippen LogP contribution is 2.32. The lowest BCUT2D eigenvalue weighted by Crippen LogP contribution is -2.41. The van der Waals surface area contributed by atoms with Crippen LogP contribution in [0.4, 0.5) is 0 Å². The smallest absolute Gasteiger partial charge is 0.306 e. The Morgan fingerprint density at radius 2 is 2.09 bits per heavy atom. The molecule has 0 radical (unpaired) electrons. The molecule has 7 heteroatoms. The van der Waals surface area contributed by atoms with E-state index in [9.17, 15) is 9.59 Å². The summed E-state index contributed by atoms with van der Waals surface area (Å²) in [5.41, 5.74) is 0. The van der Waals surface area contributed by atoms with E-state index in [0.29, 0.717) is 30.0 Å². The van der Waals surface area contributed by atoms with Gasteiger partial charge in [-0.3, -0.25) is 9.59 Å². The maximum Gasteiger partial charge on any atom is 0.306 e. The molecule has 5 nitrogen and oxygen atoms in total. The van der Waals surface area contributed by atoms with Gasteiger partial charge in [0.05, 0.1) is 10.9 Å². The number of carboxylic acids is 1. The van der Waals surface area contributed by atoms with E-state index >= 15 is 0 Å². The fourth-order valence-electron chi connectivity index (χ4n) is 2.47. The number of carbonyl (C=O) groups excluding carboxylic acids is 1. The zero-order chi connectivity index (χ0) is 16.3. The minimum Gasteiger partial charge on any atom is -0.481 e. The summed E-state index contributed by atoms with van der Waals surface area (Å²) >= 11 is 11.9. The van der Waals surface area contributed by atoms with E-state index in [1.54, 1.807) is 25.1 Å². The number of hydrogen-bond acceptors (Lipinski definition) is 3. The monoisotopic (exact) mass is 345 g/mol. The van der Waals surface area contributed by atoms with Crippen molar-refractivity contribution in [2.45, 2.75) is 38.3 Å². The van der Waals surface area contributed by atoms with Crippen molar-refractivity contribution in [1.29, 1.82) is 0 Å². The minimum atomic E-state index is -0.813. The number of hydrogen-bond donors (Lipinski definition) is 2. The highest BCUT2D eigenvalue weighted by atomic mass is 35.5. The molecule has 3 atom stereocenters. The molecule has 0 heterocycles. The van der Waals surface area contributed by atoms with Crippen LogP contribution in [0.5, 0.6) is 5.75 Å². The van der Waals surface area contributed by atoms with Crippen molar-refractivity contribution in [1.82, 2.24) is 5.32 Å². The Bertz CT molecular complexity index is 579. The first-order valence-corrected chi connectivity index (χ1v) is 7.78. The maximum absolute atomic E-state index is 12.1. The number of ether oxygens (including phenoxy) is 1. The second kappa shape index (κ2) is 7.20. The lowest BCUT2D eigenvalue weighted by molar-refractivity contribution is -0.141. The molecule has 1 unspecified atom stereocenters. The third-order valence-corrected chi connectivity index (χ3v) is 4.52. The van der Waals surface area contributed by atoms with Gasteiger partial charge in [-0.15, -0.1) is 0 Å². The molecule has 0 aliphatic heterocycles. The lowest BCUT2D eigenvalue weighted by Gasteiger charge is -2.19. The predicted octanol–water partition coefficient (Wildman–Crippen LogP) is 3.13. The van der Waals surface area contributed by atoms with Gasteiger partial charge in [0.25, 0.3) is 5.91 Å². The van der Waals surface area contributed by atoms with E-state index in [4.69, 9.17) is 33.0 Å². The Balaban J connectivity index is 1.90. The van der Waals surface area contributed by atoms with Crippen LogP contribution >= 0.6 is 23.2 Å². The highest BCUT2D eigenvalue weighted by molar-refractivity contribution is 6.42. The van der Waals surface area contributed by atoms with Gasteiger partial charge in [-0.1, -0.05) is 29.3 Å². The number of carboxylic acid groups (broad SMARTS) is 1. The fourth-order valence-corrected chi connectivity index (χ4v) is 2.81. The van der Waals surface area contributed by atoms with Crippen LogP contribution in [0.1, 0.15) is 26.2 Å². The Morgan fingerprint density at radius 1 is 1.36 bits per heavy atom. The quantitative estimate of drug-likeness (QED) is 0.859. The molecule has 1 aromatic carbocycles. The van der Waals surface area contributed by atoms with Gasteiger partial charge in [0.15, 0.2) is 6.10 Å². The van der Waals surface area contributed by atoms with Crippen molar-refractivity contribution in [2.75, 3.05) is 0 Å². The summed E-state index contributed by atoms with van der Waals surface area (Å²) in [7, 11) is 0. The molecule has 0 bridgehead atoms. The first kappa shape index (κ1) is 16.9. The van der Waals surface area contributed by atoms with Crippen LogP contribution in [0.25, 0.3) is 0 Å². The van der Waals surface area contributed by atoms with E-state index in [-0.39, 0.29) is 22.9 Å². The van der Waals surface area contributed by atoms with Gasteiger partial charge in [0.2, 0.25) is 0 Å². The molecule has 0 aromatic heterocycles. The molecule has 0 saturated heterocycles. The van der Waals surface area contributed by atoms with Crippen LogP contribution in [0.15, 0.2) is 18.2 Å². The van der Waals surface area contributed by atoms with Gasteiger partial charge in [0.1, 0.15) is 10.8 Å². The average molecular weight is 346 g/mol. The molecule has 1 aromatic rings. The molecule has 2 N–H and O–H groups in total. The van der Waals surface area contributed by atoms with E-state index < -0.39 is 12.1 Å². The van der Waals surface area contributed by atoms with E-state index in [0.717, 1.165) is 0 Å². The molecular weight excluding hydrogens is 329 g/mol. The Hall–Kier alpha value is -1.46. The van der Waals surface area contributed by atoms with Crippen molar-refractivity contribution in [2.24, 2.45) is 5.92 Å². The predicted molar refractivity (Wildman–Crippen MR) is 83.5 cm³/mol. The fraction of sp³-hybridized carbons (Fsp3) is 0.467. The molecular formula is C15H17Cl2NO4. The van der Waals surface area contributed by atoms with Crippen LogP contribution in [0.3, 0.4) is 0 Å². The van der Waals surface area contributed by atoms with Crippen LogP contribution in [-0.2, 0) is 9.59 Å². The standard InChI is InChI=1S/C15H17Cl2NO4/c1-8(22-12-4-2-3-11(16)13(12)17)14(19)18-10-6-5-9(7-10)15(20)21/h2-4,8-10H,5-7H2,1H3,(H,18,19)(H,20,21)/t8?,9-,10+/m0/s1. The molecule has 2 rings (SSSR count). The number of aliphatic carboxylic acids is 1. The highest BCUT2D eigenvalue weighted by Gasteiger charge is 2.31. The molecule has 1 aliphatic carbocycles. The molecule has 1 saturated carbocycles. The molecule has 120 valence electrons.